The zero-order valence-electron chi connectivity index (χ0n) is 22.3. The first kappa shape index (κ1) is 25.2. The Bertz CT molecular complexity index is 1480. The summed E-state index contributed by atoms with van der Waals surface area (Å²) in [7, 11) is 0. The van der Waals surface area contributed by atoms with Gasteiger partial charge in [-0.15, -0.1) is 0 Å². The molecule has 9 heteroatoms. The van der Waals surface area contributed by atoms with E-state index in [4.69, 9.17) is 19.6 Å². The molecule has 202 valence electrons. The number of benzene rings is 1. The van der Waals surface area contributed by atoms with E-state index in [-0.39, 0.29) is 18.4 Å². The van der Waals surface area contributed by atoms with E-state index < -0.39 is 0 Å². The Morgan fingerprint density at radius 3 is 2.74 bits per heavy atom. The Balaban J connectivity index is 1.20. The Hall–Kier alpha value is -4.14. The van der Waals surface area contributed by atoms with Gasteiger partial charge in [-0.25, -0.2) is 9.97 Å². The standard InChI is InChI=1S/C30H34N6O3/c1-2-38-28(37)17-27(22-15-21-6-4-12-31-29(21)33-18-22)36-26-10-9-25(16-23(26)19-34-36)39-14-11-24-8-7-20-5-3-13-32-30(20)35-24/h7-10,15-16,18-19,27H,2-6,11-14,17H2,1H3,(H,31,33)(H,32,35). The van der Waals surface area contributed by atoms with E-state index in [9.17, 15) is 4.79 Å². The number of fused-ring (bicyclic) bond motifs is 3. The average Bonchev–Trinajstić information content (AvgIpc) is 3.39. The number of rotatable bonds is 9. The molecule has 0 radical (unpaired) electrons. The lowest BCUT2D eigenvalue weighted by atomic mass is 10.00. The molecule has 4 aromatic rings. The summed E-state index contributed by atoms with van der Waals surface area (Å²) in [5.41, 5.74) is 5.35. The lowest BCUT2D eigenvalue weighted by molar-refractivity contribution is -0.143. The highest BCUT2D eigenvalue weighted by atomic mass is 16.5. The highest BCUT2D eigenvalue weighted by Crippen LogP contribution is 2.31. The number of aryl methyl sites for hydroxylation is 2. The highest BCUT2D eigenvalue weighted by molar-refractivity contribution is 5.81. The predicted octanol–water partition coefficient (Wildman–Crippen LogP) is 4.71. The molecule has 0 amide bonds. The van der Waals surface area contributed by atoms with Crippen molar-refractivity contribution < 1.29 is 14.3 Å². The molecule has 0 saturated heterocycles. The number of pyridine rings is 2. The first-order valence-electron chi connectivity index (χ1n) is 13.9. The van der Waals surface area contributed by atoms with Crippen molar-refractivity contribution in [2.45, 2.75) is 51.5 Å². The summed E-state index contributed by atoms with van der Waals surface area (Å²) >= 11 is 0. The third kappa shape index (κ3) is 5.53. The Morgan fingerprint density at radius 2 is 1.87 bits per heavy atom. The third-order valence-electron chi connectivity index (χ3n) is 7.39. The summed E-state index contributed by atoms with van der Waals surface area (Å²) in [6, 6.07) is 12.0. The monoisotopic (exact) mass is 526 g/mol. The average molecular weight is 527 g/mol. The minimum Gasteiger partial charge on any atom is -0.493 e. The lowest BCUT2D eigenvalue weighted by Crippen LogP contribution is -2.20. The van der Waals surface area contributed by atoms with E-state index >= 15 is 0 Å². The van der Waals surface area contributed by atoms with E-state index in [2.05, 4.69) is 33.8 Å². The number of nitrogens with zero attached hydrogens (tertiary/aromatic N) is 4. The number of carbonyl (C=O) groups excluding carboxylic acids is 1. The molecule has 1 unspecified atom stereocenters. The van der Waals surface area contributed by atoms with E-state index in [1.165, 1.54) is 11.1 Å². The highest BCUT2D eigenvalue weighted by Gasteiger charge is 2.24. The van der Waals surface area contributed by atoms with Gasteiger partial charge in [0, 0.05) is 36.8 Å². The van der Waals surface area contributed by atoms with Crippen LogP contribution in [0.4, 0.5) is 11.6 Å². The van der Waals surface area contributed by atoms with Crippen molar-refractivity contribution in [3.63, 3.8) is 0 Å². The summed E-state index contributed by atoms with van der Waals surface area (Å²) in [4.78, 5) is 22.0. The van der Waals surface area contributed by atoms with Gasteiger partial charge in [-0.2, -0.15) is 5.10 Å². The molecular weight excluding hydrogens is 492 g/mol. The second kappa shape index (κ2) is 11.3. The van der Waals surface area contributed by atoms with Crippen LogP contribution in [-0.2, 0) is 28.8 Å². The molecule has 3 aromatic heterocycles. The molecule has 0 bridgehead atoms. The number of carbonyl (C=O) groups is 1. The van der Waals surface area contributed by atoms with Crippen LogP contribution in [0, 0.1) is 0 Å². The van der Waals surface area contributed by atoms with Crippen molar-refractivity contribution in [1.82, 2.24) is 19.7 Å². The van der Waals surface area contributed by atoms with Crippen LogP contribution in [0.1, 0.15) is 54.6 Å². The van der Waals surface area contributed by atoms with Gasteiger partial charge in [0.05, 0.1) is 37.4 Å². The van der Waals surface area contributed by atoms with Gasteiger partial charge in [-0.1, -0.05) is 6.07 Å². The van der Waals surface area contributed by atoms with Crippen molar-refractivity contribution in [2.24, 2.45) is 0 Å². The fourth-order valence-corrected chi connectivity index (χ4v) is 5.42. The van der Waals surface area contributed by atoms with Crippen molar-refractivity contribution in [2.75, 3.05) is 36.9 Å². The molecule has 6 rings (SSSR count). The molecule has 1 atom stereocenters. The molecular formula is C30H34N6O3. The molecule has 2 N–H and O–H groups in total. The zero-order chi connectivity index (χ0) is 26.6. The van der Waals surface area contributed by atoms with Gasteiger partial charge in [0.25, 0.3) is 0 Å². The summed E-state index contributed by atoms with van der Waals surface area (Å²) in [5.74, 6) is 2.46. The molecule has 39 heavy (non-hydrogen) atoms. The van der Waals surface area contributed by atoms with Gasteiger partial charge < -0.3 is 20.1 Å². The van der Waals surface area contributed by atoms with E-state index in [1.807, 2.05) is 42.2 Å². The first-order chi connectivity index (χ1) is 19.2. The lowest BCUT2D eigenvalue weighted by Gasteiger charge is -2.22. The van der Waals surface area contributed by atoms with Gasteiger partial charge in [0.2, 0.25) is 0 Å². The van der Waals surface area contributed by atoms with E-state index in [1.54, 1.807) is 0 Å². The summed E-state index contributed by atoms with van der Waals surface area (Å²) in [6.45, 7) is 4.61. The third-order valence-corrected chi connectivity index (χ3v) is 7.39. The molecule has 1 aromatic carbocycles. The van der Waals surface area contributed by atoms with Crippen LogP contribution in [0.3, 0.4) is 0 Å². The normalized spacial score (nSPS) is 15.0. The number of esters is 1. The van der Waals surface area contributed by atoms with Crippen LogP contribution in [0.25, 0.3) is 10.9 Å². The van der Waals surface area contributed by atoms with Crippen molar-refractivity contribution in [3.8, 4) is 5.75 Å². The Labute approximate surface area is 227 Å². The SMILES string of the molecule is CCOC(=O)CC(c1cnc2c(c1)CCCN2)n1ncc2cc(OCCc3ccc4c(n3)NCCC4)ccc21. The number of nitrogens with one attached hydrogen (secondary N) is 2. The maximum Gasteiger partial charge on any atom is 0.308 e. The maximum atomic E-state index is 12.6. The van der Waals surface area contributed by atoms with Crippen LogP contribution >= 0.6 is 0 Å². The fraction of sp³-hybridized carbons (Fsp3) is 0.400. The fourth-order valence-electron chi connectivity index (χ4n) is 5.42. The zero-order valence-corrected chi connectivity index (χ0v) is 22.3. The largest absolute Gasteiger partial charge is 0.493 e. The summed E-state index contributed by atoms with van der Waals surface area (Å²) < 4.78 is 13.3. The number of hydrogen-bond acceptors (Lipinski definition) is 8. The minimum absolute atomic E-state index is 0.180. The van der Waals surface area contributed by atoms with Crippen LogP contribution in [0.15, 0.2) is 48.8 Å². The molecule has 5 heterocycles. The van der Waals surface area contributed by atoms with Crippen LogP contribution in [0.2, 0.25) is 0 Å². The Morgan fingerprint density at radius 1 is 1.03 bits per heavy atom. The smallest absolute Gasteiger partial charge is 0.308 e. The van der Waals surface area contributed by atoms with Gasteiger partial charge >= 0.3 is 5.97 Å². The summed E-state index contributed by atoms with van der Waals surface area (Å²) in [6.07, 6.45) is 8.84. The number of aromatic nitrogens is 4. The van der Waals surface area contributed by atoms with Crippen molar-refractivity contribution in [3.05, 3.63) is 71.2 Å². The van der Waals surface area contributed by atoms with Gasteiger partial charge in [-0.3, -0.25) is 9.48 Å². The minimum atomic E-state index is -0.322. The molecule has 0 fully saturated rings. The molecule has 0 aliphatic carbocycles. The first-order valence-corrected chi connectivity index (χ1v) is 13.9. The number of ether oxygens (including phenoxy) is 2. The van der Waals surface area contributed by atoms with Crippen molar-refractivity contribution in [1.29, 1.82) is 0 Å². The van der Waals surface area contributed by atoms with Gasteiger partial charge in [0.1, 0.15) is 17.4 Å². The van der Waals surface area contributed by atoms with Crippen LogP contribution in [-0.4, -0.2) is 52.0 Å². The van der Waals surface area contributed by atoms with E-state index in [0.717, 1.165) is 84.7 Å². The van der Waals surface area contributed by atoms with Crippen LogP contribution in [0.5, 0.6) is 5.75 Å². The van der Waals surface area contributed by atoms with E-state index in [0.29, 0.717) is 13.2 Å². The topological polar surface area (TPSA) is 103 Å². The quantitative estimate of drug-likeness (QED) is 0.303. The number of anilines is 2. The van der Waals surface area contributed by atoms with Gasteiger partial charge in [0.15, 0.2) is 0 Å². The van der Waals surface area contributed by atoms with Crippen LogP contribution < -0.4 is 15.4 Å². The number of hydrogen-bond donors (Lipinski definition) is 2. The second-order valence-corrected chi connectivity index (χ2v) is 10.1. The van der Waals surface area contributed by atoms with Crippen molar-refractivity contribution >= 4 is 28.5 Å². The van der Waals surface area contributed by atoms with Gasteiger partial charge in [-0.05, 0) is 79.6 Å². The molecule has 2 aliphatic rings. The molecule has 0 saturated carbocycles. The Kier molecular flexibility index (Phi) is 7.29. The molecule has 0 spiro atoms. The summed E-state index contributed by atoms with van der Waals surface area (Å²) in [5, 5.41) is 12.4. The second-order valence-electron chi connectivity index (χ2n) is 10.1. The molecule has 9 nitrogen and oxygen atoms in total. The maximum absolute atomic E-state index is 12.6. The molecule has 2 aliphatic heterocycles. The predicted molar refractivity (Wildman–Crippen MR) is 150 cm³/mol.